The van der Waals surface area contributed by atoms with Gasteiger partial charge in [0.1, 0.15) is 0 Å². The smallest absolute Gasteiger partial charge is 0.254 e. The Hall–Kier alpha value is -2.66. The van der Waals surface area contributed by atoms with Crippen molar-refractivity contribution in [2.45, 2.75) is 46.5 Å². The standard InChI is InChI=1S/C26H27BrN2O2/c1-15-9-5-8-12-19(15)29-25(31)22-16(2)28-20-13-26(3,4)14-21(30)24(20)23(22)17-10-6-7-11-18(17)27/h5-12,23,28H,13-14H2,1-4H3,(H,29,31)/t23-/m0/s1. The van der Waals surface area contributed by atoms with Crippen LogP contribution in [0.2, 0.25) is 0 Å². The van der Waals surface area contributed by atoms with Crippen LogP contribution in [-0.2, 0) is 9.59 Å². The Labute approximate surface area is 191 Å². The first-order valence-electron chi connectivity index (χ1n) is 10.5. The van der Waals surface area contributed by atoms with Gasteiger partial charge in [0, 0.05) is 45.0 Å². The van der Waals surface area contributed by atoms with Gasteiger partial charge in [-0.05, 0) is 48.9 Å². The average molecular weight is 479 g/mol. The summed E-state index contributed by atoms with van der Waals surface area (Å²) in [5, 5.41) is 6.49. The molecule has 1 aliphatic heterocycles. The molecule has 2 aromatic rings. The van der Waals surface area contributed by atoms with Crippen molar-refractivity contribution in [1.29, 1.82) is 0 Å². The normalized spacial score (nSPS) is 20.3. The van der Waals surface area contributed by atoms with Crippen molar-refractivity contribution >= 4 is 33.3 Å². The molecule has 0 bridgehead atoms. The van der Waals surface area contributed by atoms with Gasteiger partial charge < -0.3 is 10.6 Å². The molecule has 5 heteroatoms. The lowest BCUT2D eigenvalue weighted by molar-refractivity contribution is -0.118. The number of carbonyl (C=O) groups excluding carboxylic acids is 2. The predicted molar refractivity (Wildman–Crippen MR) is 128 cm³/mol. The van der Waals surface area contributed by atoms with Gasteiger partial charge in [-0.2, -0.15) is 0 Å². The van der Waals surface area contributed by atoms with Crippen molar-refractivity contribution < 1.29 is 9.59 Å². The maximum atomic E-state index is 13.6. The van der Waals surface area contributed by atoms with Crippen LogP contribution in [0.5, 0.6) is 0 Å². The molecule has 0 unspecified atom stereocenters. The van der Waals surface area contributed by atoms with E-state index in [1.54, 1.807) is 0 Å². The Kier molecular flexibility index (Phi) is 5.65. The minimum absolute atomic E-state index is 0.105. The van der Waals surface area contributed by atoms with Gasteiger partial charge in [-0.25, -0.2) is 0 Å². The molecule has 2 aliphatic rings. The van der Waals surface area contributed by atoms with Crippen LogP contribution in [0.3, 0.4) is 0 Å². The number of halogens is 1. The van der Waals surface area contributed by atoms with E-state index in [9.17, 15) is 9.59 Å². The van der Waals surface area contributed by atoms with Crippen LogP contribution in [0.15, 0.2) is 75.5 Å². The topological polar surface area (TPSA) is 58.2 Å². The SMILES string of the molecule is CC1=C(C(=O)Nc2ccccc2C)[C@H](c2ccccc2Br)C2=C(CC(C)(C)CC2=O)N1. The lowest BCUT2D eigenvalue weighted by atomic mass is 9.68. The number of dihydropyridines is 1. The first-order chi connectivity index (χ1) is 14.7. The molecule has 2 N–H and O–H groups in total. The number of nitrogens with one attached hydrogen (secondary N) is 2. The van der Waals surface area contributed by atoms with E-state index < -0.39 is 5.92 Å². The van der Waals surface area contributed by atoms with E-state index in [4.69, 9.17) is 0 Å². The van der Waals surface area contributed by atoms with Crippen LogP contribution >= 0.6 is 15.9 Å². The van der Waals surface area contributed by atoms with Crippen molar-refractivity contribution in [3.63, 3.8) is 0 Å². The maximum absolute atomic E-state index is 13.6. The highest BCUT2D eigenvalue weighted by molar-refractivity contribution is 9.10. The summed E-state index contributed by atoms with van der Waals surface area (Å²) in [5.74, 6) is -0.503. The molecule has 0 spiro atoms. The van der Waals surface area contributed by atoms with Gasteiger partial charge in [0.2, 0.25) is 0 Å². The fourth-order valence-corrected chi connectivity index (χ4v) is 5.17. The highest BCUT2D eigenvalue weighted by atomic mass is 79.9. The molecule has 1 aliphatic carbocycles. The number of rotatable bonds is 3. The van der Waals surface area contributed by atoms with Crippen molar-refractivity contribution in [1.82, 2.24) is 5.32 Å². The summed E-state index contributed by atoms with van der Waals surface area (Å²) in [6.45, 7) is 8.12. The highest BCUT2D eigenvalue weighted by Crippen LogP contribution is 2.48. The summed E-state index contributed by atoms with van der Waals surface area (Å²) in [4.78, 5) is 26.9. The van der Waals surface area contributed by atoms with Crippen molar-refractivity contribution in [2.24, 2.45) is 5.41 Å². The summed E-state index contributed by atoms with van der Waals surface area (Å²) in [7, 11) is 0. The molecule has 31 heavy (non-hydrogen) atoms. The summed E-state index contributed by atoms with van der Waals surface area (Å²) in [6.07, 6.45) is 1.25. The number of anilines is 1. The monoisotopic (exact) mass is 478 g/mol. The van der Waals surface area contributed by atoms with E-state index in [-0.39, 0.29) is 17.1 Å². The van der Waals surface area contributed by atoms with Gasteiger partial charge in [-0.1, -0.05) is 66.2 Å². The van der Waals surface area contributed by atoms with Crippen LogP contribution < -0.4 is 10.6 Å². The third-order valence-corrected chi connectivity index (χ3v) is 6.82. The number of aryl methyl sites for hydroxylation is 1. The molecule has 1 heterocycles. The number of Topliss-reactive ketones (excluding diaryl/α,β-unsaturated/α-hetero) is 1. The number of hydrogen-bond acceptors (Lipinski definition) is 3. The Morgan fingerprint density at radius 1 is 1.06 bits per heavy atom. The Balaban J connectivity index is 1.84. The number of amides is 1. The number of ketones is 1. The minimum atomic E-state index is -0.417. The highest BCUT2D eigenvalue weighted by Gasteiger charge is 2.43. The second kappa shape index (κ2) is 8.12. The molecule has 0 saturated heterocycles. The van der Waals surface area contributed by atoms with Crippen LogP contribution in [0.4, 0.5) is 5.69 Å². The molecule has 0 saturated carbocycles. The third-order valence-electron chi connectivity index (χ3n) is 6.09. The second-order valence-corrected chi connectivity index (χ2v) is 10.1. The summed E-state index contributed by atoms with van der Waals surface area (Å²) >= 11 is 3.66. The quantitative estimate of drug-likeness (QED) is 0.568. The van der Waals surface area contributed by atoms with Gasteiger partial charge >= 0.3 is 0 Å². The van der Waals surface area contributed by atoms with Gasteiger partial charge in [0.05, 0.1) is 0 Å². The van der Waals surface area contributed by atoms with E-state index in [1.807, 2.05) is 62.4 Å². The molecule has 160 valence electrons. The molecule has 4 nitrogen and oxygen atoms in total. The third kappa shape index (κ3) is 4.11. The molecule has 0 radical (unpaired) electrons. The number of carbonyl (C=O) groups is 2. The molecule has 0 aromatic heterocycles. The van der Waals surface area contributed by atoms with E-state index in [0.29, 0.717) is 17.6 Å². The zero-order valence-electron chi connectivity index (χ0n) is 18.3. The minimum Gasteiger partial charge on any atom is -0.362 e. The van der Waals surface area contributed by atoms with Gasteiger partial charge in [-0.15, -0.1) is 0 Å². The molecular formula is C26H27BrN2O2. The molecular weight excluding hydrogens is 452 g/mol. The van der Waals surface area contributed by atoms with Crippen molar-refractivity contribution in [3.8, 4) is 0 Å². The number of para-hydroxylation sites is 1. The van der Waals surface area contributed by atoms with E-state index in [2.05, 4.69) is 40.4 Å². The Bertz CT molecular complexity index is 1140. The van der Waals surface area contributed by atoms with E-state index in [0.717, 1.165) is 39.1 Å². The average Bonchev–Trinajstić information content (AvgIpc) is 2.68. The largest absolute Gasteiger partial charge is 0.362 e. The van der Waals surface area contributed by atoms with Crippen molar-refractivity contribution in [3.05, 3.63) is 86.7 Å². The lowest BCUT2D eigenvalue weighted by Crippen LogP contribution is -2.39. The summed E-state index contributed by atoms with van der Waals surface area (Å²) < 4.78 is 0.889. The lowest BCUT2D eigenvalue weighted by Gasteiger charge is -2.40. The molecule has 0 fully saturated rings. The number of benzene rings is 2. The number of allylic oxidation sites excluding steroid dienone is 3. The molecule has 1 amide bonds. The fraction of sp³-hybridized carbons (Fsp3) is 0.308. The van der Waals surface area contributed by atoms with Crippen LogP contribution in [0, 0.1) is 12.3 Å². The van der Waals surface area contributed by atoms with Gasteiger partial charge in [0.25, 0.3) is 5.91 Å². The van der Waals surface area contributed by atoms with Crippen LogP contribution in [-0.4, -0.2) is 11.7 Å². The molecule has 4 rings (SSSR count). The Morgan fingerprint density at radius 2 is 1.74 bits per heavy atom. The van der Waals surface area contributed by atoms with Crippen LogP contribution in [0.25, 0.3) is 0 Å². The van der Waals surface area contributed by atoms with Crippen LogP contribution in [0.1, 0.15) is 50.7 Å². The van der Waals surface area contributed by atoms with E-state index >= 15 is 0 Å². The maximum Gasteiger partial charge on any atom is 0.254 e. The zero-order valence-corrected chi connectivity index (χ0v) is 19.9. The Morgan fingerprint density at radius 3 is 2.45 bits per heavy atom. The van der Waals surface area contributed by atoms with Crippen molar-refractivity contribution in [2.75, 3.05) is 5.32 Å². The van der Waals surface area contributed by atoms with Gasteiger partial charge in [0.15, 0.2) is 5.78 Å². The van der Waals surface area contributed by atoms with Gasteiger partial charge in [-0.3, -0.25) is 9.59 Å². The van der Waals surface area contributed by atoms with E-state index in [1.165, 1.54) is 0 Å². The zero-order chi connectivity index (χ0) is 22.3. The number of hydrogen-bond donors (Lipinski definition) is 2. The fourth-order valence-electron chi connectivity index (χ4n) is 4.66. The second-order valence-electron chi connectivity index (χ2n) is 9.22. The molecule has 1 atom stereocenters. The predicted octanol–water partition coefficient (Wildman–Crippen LogP) is 6.00. The first-order valence-corrected chi connectivity index (χ1v) is 11.3. The summed E-state index contributed by atoms with van der Waals surface area (Å²) in [5.41, 5.74) is 5.61. The summed E-state index contributed by atoms with van der Waals surface area (Å²) in [6, 6.07) is 15.6. The first kappa shape index (κ1) is 21.6. The molecule has 2 aromatic carbocycles.